The summed E-state index contributed by atoms with van der Waals surface area (Å²) < 4.78 is 0.887. The van der Waals surface area contributed by atoms with E-state index in [0.29, 0.717) is 0 Å². The third-order valence-electron chi connectivity index (χ3n) is 0.844. The Balaban J connectivity index is 4.00. The summed E-state index contributed by atoms with van der Waals surface area (Å²) in [4.78, 5) is 0. The molecule has 0 rings (SSSR count). The molecule has 0 radical (unpaired) electrons. The molecule has 0 saturated carbocycles. The van der Waals surface area contributed by atoms with E-state index in [2.05, 4.69) is 15.9 Å². The quantitative estimate of drug-likeness (QED) is 0.653. The van der Waals surface area contributed by atoms with Gasteiger partial charge in [0.1, 0.15) is 0 Å². The van der Waals surface area contributed by atoms with Crippen LogP contribution in [0.4, 0.5) is 0 Å². The molecule has 0 aliphatic carbocycles. The summed E-state index contributed by atoms with van der Waals surface area (Å²) in [5.74, 6) is 0. The van der Waals surface area contributed by atoms with Crippen LogP contribution in [0.2, 0.25) is 0 Å². The van der Waals surface area contributed by atoms with Crippen LogP contribution in [0.25, 0.3) is 0 Å². The van der Waals surface area contributed by atoms with Gasteiger partial charge in [0.15, 0.2) is 0 Å². The largest absolute Gasteiger partial charge is 0.388 e. The van der Waals surface area contributed by atoms with Gasteiger partial charge in [-0.15, -0.1) is 0 Å². The maximum absolute atomic E-state index is 8.89. The van der Waals surface area contributed by atoms with Crippen molar-refractivity contribution in [3.63, 3.8) is 0 Å². The van der Waals surface area contributed by atoms with Crippen molar-refractivity contribution in [1.82, 2.24) is 0 Å². The topological polar surface area (TPSA) is 20.2 Å². The molecule has 8 heavy (non-hydrogen) atoms. The number of rotatable bonds is 1. The first kappa shape index (κ1) is 8.18. The molecule has 1 nitrogen and oxygen atoms in total. The molecular formula is C6H11BrO. The van der Waals surface area contributed by atoms with E-state index in [1.54, 1.807) is 6.92 Å². The lowest BCUT2D eigenvalue weighted by molar-refractivity contribution is 0.240. The first-order valence-corrected chi connectivity index (χ1v) is 3.36. The first-order valence-electron chi connectivity index (χ1n) is 2.56. The third kappa shape index (κ3) is 2.48. The summed E-state index contributed by atoms with van der Waals surface area (Å²) in [5, 5.41) is 8.89. The van der Waals surface area contributed by atoms with Gasteiger partial charge in [0.2, 0.25) is 0 Å². The molecule has 0 heterocycles. The Morgan fingerprint density at radius 1 is 1.50 bits per heavy atom. The first-order chi connectivity index (χ1) is 3.55. The van der Waals surface area contributed by atoms with E-state index in [1.807, 2.05) is 13.8 Å². The Morgan fingerprint density at radius 2 is 1.88 bits per heavy atom. The van der Waals surface area contributed by atoms with Gasteiger partial charge in [-0.1, -0.05) is 21.5 Å². The van der Waals surface area contributed by atoms with Gasteiger partial charge in [0.25, 0.3) is 0 Å². The zero-order valence-electron chi connectivity index (χ0n) is 5.40. The Morgan fingerprint density at radius 3 is 1.88 bits per heavy atom. The van der Waals surface area contributed by atoms with Crippen molar-refractivity contribution in [1.29, 1.82) is 0 Å². The summed E-state index contributed by atoms with van der Waals surface area (Å²) in [5.41, 5.74) is 1.13. The molecule has 1 atom stereocenters. The van der Waals surface area contributed by atoms with Gasteiger partial charge in [0.05, 0.1) is 6.10 Å². The molecule has 2 heteroatoms. The van der Waals surface area contributed by atoms with E-state index in [0.717, 1.165) is 10.1 Å². The summed E-state index contributed by atoms with van der Waals surface area (Å²) in [6, 6.07) is 0. The minimum Gasteiger partial charge on any atom is -0.388 e. The average Bonchev–Trinajstić information content (AvgIpc) is 1.64. The van der Waals surface area contributed by atoms with Crippen LogP contribution in [0.1, 0.15) is 20.8 Å². The van der Waals surface area contributed by atoms with Gasteiger partial charge in [0, 0.05) is 4.48 Å². The van der Waals surface area contributed by atoms with Gasteiger partial charge in [-0.05, 0) is 20.8 Å². The van der Waals surface area contributed by atoms with Crippen molar-refractivity contribution in [3.8, 4) is 0 Å². The van der Waals surface area contributed by atoms with E-state index >= 15 is 0 Å². The SMILES string of the molecule is CC(C)=C(Br)C(C)O. The summed E-state index contributed by atoms with van der Waals surface area (Å²) >= 11 is 3.24. The fourth-order valence-electron chi connectivity index (χ4n) is 0.418. The van der Waals surface area contributed by atoms with Crippen LogP contribution in [-0.4, -0.2) is 11.2 Å². The molecule has 48 valence electrons. The summed E-state index contributed by atoms with van der Waals surface area (Å²) in [6.45, 7) is 5.64. The molecule has 0 amide bonds. The Labute approximate surface area is 58.5 Å². The monoisotopic (exact) mass is 178 g/mol. The molecule has 0 aromatic heterocycles. The molecule has 0 aliphatic rings. The van der Waals surface area contributed by atoms with Crippen LogP contribution < -0.4 is 0 Å². The molecular weight excluding hydrogens is 168 g/mol. The van der Waals surface area contributed by atoms with Crippen molar-refractivity contribution in [2.24, 2.45) is 0 Å². The summed E-state index contributed by atoms with van der Waals surface area (Å²) in [6.07, 6.45) is -0.361. The zero-order chi connectivity index (χ0) is 6.73. The smallest absolute Gasteiger partial charge is 0.0825 e. The lowest BCUT2D eigenvalue weighted by atomic mass is 10.2. The molecule has 1 unspecified atom stereocenters. The highest BCUT2D eigenvalue weighted by Gasteiger charge is 1.99. The van der Waals surface area contributed by atoms with Crippen molar-refractivity contribution < 1.29 is 5.11 Å². The van der Waals surface area contributed by atoms with Crippen LogP contribution >= 0.6 is 15.9 Å². The molecule has 0 aromatic carbocycles. The third-order valence-corrected chi connectivity index (χ3v) is 2.30. The predicted molar refractivity (Wildman–Crippen MR) is 39.0 cm³/mol. The molecule has 1 N–H and O–H groups in total. The molecule has 0 fully saturated rings. The van der Waals surface area contributed by atoms with E-state index in [4.69, 9.17) is 5.11 Å². The molecule has 0 spiro atoms. The fraction of sp³-hybridized carbons (Fsp3) is 0.667. The number of halogens is 1. The number of hydrogen-bond acceptors (Lipinski definition) is 1. The Hall–Kier alpha value is 0.180. The van der Waals surface area contributed by atoms with E-state index in [1.165, 1.54) is 0 Å². The number of hydrogen-bond donors (Lipinski definition) is 1. The average molecular weight is 179 g/mol. The lowest BCUT2D eigenvalue weighted by Crippen LogP contribution is -1.99. The second-order valence-electron chi connectivity index (χ2n) is 2.02. The molecule has 0 aliphatic heterocycles. The van der Waals surface area contributed by atoms with Gasteiger partial charge >= 0.3 is 0 Å². The second kappa shape index (κ2) is 3.25. The van der Waals surface area contributed by atoms with Crippen molar-refractivity contribution in [2.45, 2.75) is 26.9 Å². The van der Waals surface area contributed by atoms with Gasteiger partial charge in [-0.25, -0.2) is 0 Å². The van der Waals surface area contributed by atoms with Gasteiger partial charge in [-0.3, -0.25) is 0 Å². The van der Waals surface area contributed by atoms with Gasteiger partial charge in [-0.2, -0.15) is 0 Å². The van der Waals surface area contributed by atoms with Gasteiger partial charge < -0.3 is 5.11 Å². The minimum absolute atomic E-state index is 0.361. The zero-order valence-corrected chi connectivity index (χ0v) is 6.99. The van der Waals surface area contributed by atoms with E-state index in [9.17, 15) is 0 Å². The predicted octanol–water partition coefficient (Wildman–Crippen LogP) is 2.06. The van der Waals surface area contributed by atoms with Crippen molar-refractivity contribution in [2.75, 3.05) is 0 Å². The van der Waals surface area contributed by atoms with Crippen LogP contribution in [0.15, 0.2) is 10.1 Å². The standard InChI is InChI=1S/C6H11BrO/c1-4(2)6(7)5(3)8/h5,8H,1-3H3. The van der Waals surface area contributed by atoms with Crippen molar-refractivity contribution >= 4 is 15.9 Å². The minimum atomic E-state index is -0.361. The Kier molecular flexibility index (Phi) is 3.33. The molecule has 0 saturated heterocycles. The van der Waals surface area contributed by atoms with Crippen molar-refractivity contribution in [3.05, 3.63) is 10.1 Å². The van der Waals surface area contributed by atoms with E-state index < -0.39 is 0 Å². The second-order valence-corrected chi connectivity index (χ2v) is 2.88. The highest BCUT2D eigenvalue weighted by Crippen LogP contribution is 2.14. The normalized spacial score (nSPS) is 13.1. The highest BCUT2D eigenvalue weighted by molar-refractivity contribution is 9.11. The number of aliphatic hydroxyl groups is 1. The fourth-order valence-corrected chi connectivity index (χ4v) is 0.418. The maximum atomic E-state index is 8.89. The highest BCUT2D eigenvalue weighted by atomic mass is 79.9. The molecule has 0 aromatic rings. The summed E-state index contributed by atoms with van der Waals surface area (Å²) in [7, 11) is 0. The van der Waals surface area contributed by atoms with Crippen LogP contribution in [0, 0.1) is 0 Å². The van der Waals surface area contributed by atoms with Crippen LogP contribution in [0.3, 0.4) is 0 Å². The van der Waals surface area contributed by atoms with E-state index in [-0.39, 0.29) is 6.10 Å². The maximum Gasteiger partial charge on any atom is 0.0825 e. The Bertz CT molecular complexity index is 101. The molecule has 0 bridgehead atoms. The van der Waals surface area contributed by atoms with Crippen LogP contribution in [0.5, 0.6) is 0 Å². The number of aliphatic hydroxyl groups excluding tert-OH is 1. The van der Waals surface area contributed by atoms with Crippen LogP contribution in [-0.2, 0) is 0 Å². The number of allylic oxidation sites excluding steroid dienone is 1. The lowest BCUT2D eigenvalue weighted by Gasteiger charge is -2.02.